The molecular formula is C16H26ClN3O2. The number of rotatable bonds is 4. The minimum Gasteiger partial charge on any atom is -0.495 e. The number of nitrogens with zero attached hydrogens (tertiary/aromatic N) is 2. The van der Waals surface area contributed by atoms with Crippen LogP contribution in [0.5, 0.6) is 5.75 Å². The molecule has 0 aliphatic carbocycles. The highest BCUT2D eigenvalue weighted by atomic mass is 35.5. The van der Waals surface area contributed by atoms with Crippen molar-refractivity contribution in [1.82, 2.24) is 4.90 Å². The van der Waals surface area contributed by atoms with Crippen LogP contribution in [0.2, 0.25) is 0 Å². The number of piperazine rings is 1. The van der Waals surface area contributed by atoms with Crippen LogP contribution in [0.1, 0.15) is 13.8 Å². The molecule has 1 saturated heterocycles. The van der Waals surface area contributed by atoms with Crippen molar-refractivity contribution >= 4 is 24.0 Å². The third-order valence-electron chi connectivity index (χ3n) is 4.02. The summed E-state index contributed by atoms with van der Waals surface area (Å²) in [5.74, 6) is 1.10. The van der Waals surface area contributed by atoms with Gasteiger partial charge >= 0.3 is 0 Å². The predicted octanol–water partition coefficient (Wildman–Crippen LogP) is 1.75. The van der Waals surface area contributed by atoms with E-state index in [-0.39, 0.29) is 24.2 Å². The van der Waals surface area contributed by atoms with Gasteiger partial charge in [-0.05, 0) is 18.1 Å². The van der Waals surface area contributed by atoms with Gasteiger partial charge in [0, 0.05) is 26.2 Å². The normalized spacial score (nSPS) is 16.2. The Morgan fingerprint density at radius 2 is 1.77 bits per heavy atom. The highest BCUT2D eigenvalue weighted by molar-refractivity contribution is 5.85. The van der Waals surface area contributed by atoms with Gasteiger partial charge in [-0.2, -0.15) is 0 Å². The predicted molar refractivity (Wildman–Crippen MR) is 91.8 cm³/mol. The number of methoxy groups -OCH3 is 1. The van der Waals surface area contributed by atoms with Crippen LogP contribution in [0, 0.1) is 5.92 Å². The van der Waals surface area contributed by atoms with Gasteiger partial charge in [0.25, 0.3) is 0 Å². The maximum Gasteiger partial charge on any atom is 0.239 e. The van der Waals surface area contributed by atoms with Gasteiger partial charge in [0.2, 0.25) is 5.91 Å². The third kappa shape index (κ3) is 4.05. The Hall–Kier alpha value is -1.46. The molecule has 1 aromatic carbocycles. The van der Waals surface area contributed by atoms with Gasteiger partial charge in [-0.15, -0.1) is 12.4 Å². The van der Waals surface area contributed by atoms with E-state index in [1.165, 1.54) is 0 Å². The quantitative estimate of drug-likeness (QED) is 0.915. The van der Waals surface area contributed by atoms with Gasteiger partial charge < -0.3 is 20.3 Å². The van der Waals surface area contributed by atoms with E-state index in [2.05, 4.69) is 11.0 Å². The van der Waals surface area contributed by atoms with Crippen molar-refractivity contribution in [3.8, 4) is 5.75 Å². The van der Waals surface area contributed by atoms with Crippen LogP contribution in [0.15, 0.2) is 24.3 Å². The summed E-state index contributed by atoms with van der Waals surface area (Å²) in [4.78, 5) is 16.4. The van der Waals surface area contributed by atoms with E-state index >= 15 is 0 Å². The van der Waals surface area contributed by atoms with Crippen molar-refractivity contribution in [2.75, 3.05) is 38.2 Å². The highest BCUT2D eigenvalue weighted by Crippen LogP contribution is 2.28. The first-order chi connectivity index (χ1) is 10.0. The lowest BCUT2D eigenvalue weighted by atomic mass is 10.0. The van der Waals surface area contributed by atoms with Crippen molar-refractivity contribution in [1.29, 1.82) is 0 Å². The minimum absolute atomic E-state index is 0. The Morgan fingerprint density at radius 1 is 1.18 bits per heavy atom. The lowest BCUT2D eigenvalue weighted by Gasteiger charge is -2.38. The summed E-state index contributed by atoms with van der Waals surface area (Å²) in [6, 6.07) is 7.58. The maximum absolute atomic E-state index is 12.3. The minimum atomic E-state index is -0.400. The Kier molecular flexibility index (Phi) is 6.97. The lowest BCUT2D eigenvalue weighted by Crippen LogP contribution is -2.54. The number of amides is 1. The van der Waals surface area contributed by atoms with Crippen LogP contribution in [0.3, 0.4) is 0 Å². The zero-order chi connectivity index (χ0) is 15.4. The average molecular weight is 328 g/mol. The fourth-order valence-electron chi connectivity index (χ4n) is 2.55. The number of hydrogen-bond acceptors (Lipinski definition) is 4. The van der Waals surface area contributed by atoms with Gasteiger partial charge in [-0.3, -0.25) is 4.79 Å². The highest BCUT2D eigenvalue weighted by Gasteiger charge is 2.27. The van der Waals surface area contributed by atoms with Gasteiger partial charge in [-0.1, -0.05) is 26.0 Å². The van der Waals surface area contributed by atoms with Crippen LogP contribution >= 0.6 is 12.4 Å². The number of benzene rings is 1. The van der Waals surface area contributed by atoms with E-state index in [9.17, 15) is 4.79 Å². The number of anilines is 1. The largest absolute Gasteiger partial charge is 0.495 e. The van der Waals surface area contributed by atoms with Crippen molar-refractivity contribution < 1.29 is 9.53 Å². The summed E-state index contributed by atoms with van der Waals surface area (Å²) in [5.41, 5.74) is 7.04. The molecule has 0 saturated carbocycles. The van der Waals surface area contributed by atoms with E-state index in [4.69, 9.17) is 10.5 Å². The van der Waals surface area contributed by atoms with Crippen LogP contribution in [0.25, 0.3) is 0 Å². The number of nitrogens with two attached hydrogens (primary N) is 1. The van der Waals surface area contributed by atoms with Gasteiger partial charge in [-0.25, -0.2) is 0 Å². The van der Waals surface area contributed by atoms with Crippen molar-refractivity contribution in [3.05, 3.63) is 24.3 Å². The molecule has 2 N–H and O–H groups in total. The van der Waals surface area contributed by atoms with Crippen LogP contribution in [-0.2, 0) is 4.79 Å². The first-order valence-electron chi connectivity index (χ1n) is 7.47. The molecule has 0 unspecified atom stereocenters. The number of para-hydroxylation sites is 2. The Morgan fingerprint density at radius 3 is 2.32 bits per heavy atom. The molecule has 124 valence electrons. The first kappa shape index (κ1) is 18.6. The molecule has 0 spiro atoms. The summed E-state index contributed by atoms with van der Waals surface area (Å²) >= 11 is 0. The average Bonchev–Trinajstić information content (AvgIpc) is 2.53. The standard InChI is InChI=1S/C16H25N3O2.ClH/c1-12(2)15(17)16(20)19-10-8-18(9-11-19)13-6-4-5-7-14(13)21-3;/h4-7,12,15H,8-11,17H2,1-3H3;1H/t15-;/m0./s1. The molecular weight excluding hydrogens is 302 g/mol. The van der Waals surface area contributed by atoms with Gasteiger partial charge in [0.15, 0.2) is 0 Å². The van der Waals surface area contributed by atoms with Gasteiger partial charge in [0.1, 0.15) is 5.75 Å². The molecule has 0 aromatic heterocycles. The summed E-state index contributed by atoms with van der Waals surface area (Å²) in [6.07, 6.45) is 0. The summed E-state index contributed by atoms with van der Waals surface area (Å²) in [6.45, 7) is 6.98. The fraction of sp³-hybridized carbons (Fsp3) is 0.562. The molecule has 0 bridgehead atoms. The van der Waals surface area contributed by atoms with Crippen molar-refractivity contribution in [2.24, 2.45) is 11.7 Å². The van der Waals surface area contributed by atoms with E-state index in [0.717, 1.165) is 24.5 Å². The van der Waals surface area contributed by atoms with Crippen LogP contribution < -0.4 is 15.4 Å². The Balaban J connectivity index is 0.00000242. The molecule has 2 rings (SSSR count). The van der Waals surface area contributed by atoms with E-state index in [0.29, 0.717) is 13.1 Å². The number of carbonyl (C=O) groups excluding carboxylic acids is 1. The molecule has 1 atom stereocenters. The molecule has 1 heterocycles. The molecule has 1 fully saturated rings. The molecule has 22 heavy (non-hydrogen) atoms. The number of hydrogen-bond donors (Lipinski definition) is 1. The summed E-state index contributed by atoms with van der Waals surface area (Å²) in [5, 5.41) is 0. The zero-order valence-corrected chi connectivity index (χ0v) is 14.3. The van der Waals surface area contributed by atoms with Crippen LogP contribution in [-0.4, -0.2) is 50.1 Å². The SMILES string of the molecule is COc1ccccc1N1CCN(C(=O)[C@@H](N)C(C)C)CC1.Cl. The smallest absolute Gasteiger partial charge is 0.239 e. The molecule has 1 aliphatic rings. The number of carbonyl (C=O) groups is 1. The number of halogens is 1. The second-order valence-electron chi connectivity index (χ2n) is 5.75. The molecule has 1 aliphatic heterocycles. The van der Waals surface area contributed by atoms with E-state index in [1.54, 1.807) is 7.11 Å². The summed E-state index contributed by atoms with van der Waals surface area (Å²) < 4.78 is 5.40. The maximum atomic E-state index is 12.3. The second-order valence-corrected chi connectivity index (χ2v) is 5.75. The molecule has 0 radical (unpaired) electrons. The monoisotopic (exact) mass is 327 g/mol. The Labute approximate surface area is 138 Å². The van der Waals surface area contributed by atoms with Crippen LogP contribution in [0.4, 0.5) is 5.69 Å². The molecule has 6 heteroatoms. The van der Waals surface area contributed by atoms with E-state index < -0.39 is 6.04 Å². The van der Waals surface area contributed by atoms with E-state index in [1.807, 2.05) is 36.9 Å². The zero-order valence-electron chi connectivity index (χ0n) is 13.5. The second kappa shape index (κ2) is 8.25. The fourth-order valence-corrected chi connectivity index (χ4v) is 2.55. The van der Waals surface area contributed by atoms with Gasteiger partial charge in [0.05, 0.1) is 18.8 Å². The molecule has 1 amide bonds. The molecule has 5 nitrogen and oxygen atoms in total. The Bertz CT molecular complexity index is 488. The van der Waals surface area contributed by atoms with Crippen molar-refractivity contribution in [2.45, 2.75) is 19.9 Å². The topological polar surface area (TPSA) is 58.8 Å². The number of ether oxygens (including phenoxy) is 1. The van der Waals surface area contributed by atoms with Crippen molar-refractivity contribution in [3.63, 3.8) is 0 Å². The lowest BCUT2D eigenvalue weighted by molar-refractivity contribution is -0.133. The summed E-state index contributed by atoms with van der Waals surface area (Å²) in [7, 11) is 1.68. The third-order valence-corrected chi connectivity index (χ3v) is 4.02. The first-order valence-corrected chi connectivity index (χ1v) is 7.47. The molecule has 1 aromatic rings.